The zero-order valence-electron chi connectivity index (χ0n) is 11.6. The van der Waals surface area contributed by atoms with Gasteiger partial charge in [0.25, 0.3) is 0 Å². The highest BCUT2D eigenvalue weighted by atomic mass is 32.1. The Morgan fingerprint density at radius 3 is 3.11 bits per heavy atom. The largest absolute Gasteiger partial charge is 0.329 e. The van der Waals surface area contributed by atoms with Crippen LogP contribution in [-0.2, 0) is 0 Å². The van der Waals surface area contributed by atoms with Gasteiger partial charge in [0, 0.05) is 12.2 Å². The first-order chi connectivity index (χ1) is 9.19. The maximum Gasteiger partial charge on any atom is 0.179 e. The van der Waals surface area contributed by atoms with Gasteiger partial charge in [-0.3, -0.25) is 4.57 Å². The predicted molar refractivity (Wildman–Crippen MR) is 80.9 cm³/mol. The van der Waals surface area contributed by atoms with Crippen molar-refractivity contribution in [3.63, 3.8) is 0 Å². The van der Waals surface area contributed by atoms with Crippen LogP contribution < -0.4 is 0 Å². The molecule has 0 saturated heterocycles. The average molecular weight is 275 g/mol. The van der Waals surface area contributed by atoms with Gasteiger partial charge in [0.2, 0.25) is 0 Å². The second-order valence-electron chi connectivity index (χ2n) is 5.78. The Bertz CT molecular complexity index is 640. The molecule has 4 heteroatoms. The third kappa shape index (κ3) is 2.34. The number of aryl methyl sites for hydroxylation is 1. The van der Waals surface area contributed by atoms with Crippen LogP contribution in [-0.4, -0.2) is 14.5 Å². The standard InChI is InChI=1S/C15H21N3S/c1-3-11-5-4-6-12(8-11)18-14-13(17-15(18)19)7-10(2)9-16-14/h7,9,11-12H,3-6,8H2,1-2H3,(H,17,19). The van der Waals surface area contributed by atoms with Gasteiger partial charge in [-0.2, -0.15) is 0 Å². The highest BCUT2D eigenvalue weighted by Crippen LogP contribution is 2.35. The summed E-state index contributed by atoms with van der Waals surface area (Å²) in [6.07, 6.45) is 8.36. The number of rotatable bonds is 2. The lowest BCUT2D eigenvalue weighted by Gasteiger charge is -2.29. The highest BCUT2D eigenvalue weighted by molar-refractivity contribution is 7.71. The fourth-order valence-electron chi connectivity index (χ4n) is 3.32. The van der Waals surface area contributed by atoms with E-state index in [1.165, 1.54) is 37.7 Å². The van der Waals surface area contributed by atoms with Crippen molar-refractivity contribution in [3.05, 3.63) is 22.6 Å². The van der Waals surface area contributed by atoms with Gasteiger partial charge >= 0.3 is 0 Å². The fraction of sp³-hybridized carbons (Fsp3) is 0.600. The Morgan fingerprint density at radius 2 is 2.32 bits per heavy atom. The van der Waals surface area contributed by atoms with Gasteiger partial charge in [-0.25, -0.2) is 4.98 Å². The minimum absolute atomic E-state index is 0.523. The first-order valence-electron chi connectivity index (χ1n) is 7.26. The Kier molecular flexibility index (Phi) is 3.44. The smallest absolute Gasteiger partial charge is 0.179 e. The Hall–Kier alpha value is -1.16. The molecule has 3 rings (SSSR count). The third-order valence-electron chi connectivity index (χ3n) is 4.39. The van der Waals surface area contributed by atoms with Gasteiger partial charge in [0.1, 0.15) is 0 Å². The fourth-order valence-corrected chi connectivity index (χ4v) is 3.67. The van der Waals surface area contributed by atoms with Crippen LogP contribution in [0.15, 0.2) is 12.3 Å². The number of hydrogen-bond acceptors (Lipinski definition) is 2. The predicted octanol–water partition coefficient (Wildman–Crippen LogP) is 4.54. The number of fused-ring (bicyclic) bond motifs is 1. The summed E-state index contributed by atoms with van der Waals surface area (Å²) in [4.78, 5) is 7.91. The number of nitrogens with zero attached hydrogens (tertiary/aromatic N) is 2. The van der Waals surface area contributed by atoms with Crippen molar-refractivity contribution in [3.8, 4) is 0 Å². The molecule has 2 aromatic rings. The highest BCUT2D eigenvalue weighted by Gasteiger charge is 2.24. The van der Waals surface area contributed by atoms with E-state index in [-0.39, 0.29) is 0 Å². The molecule has 0 aromatic carbocycles. The summed E-state index contributed by atoms with van der Waals surface area (Å²) in [5, 5.41) is 0. The van der Waals surface area contributed by atoms with Crippen LogP contribution in [0, 0.1) is 17.6 Å². The van der Waals surface area contributed by atoms with Crippen molar-refractivity contribution in [2.24, 2.45) is 5.92 Å². The van der Waals surface area contributed by atoms with Gasteiger partial charge in [-0.05, 0) is 49.5 Å². The molecule has 0 amide bonds. The number of nitrogens with one attached hydrogen (secondary N) is 1. The molecule has 0 bridgehead atoms. The molecule has 19 heavy (non-hydrogen) atoms. The van der Waals surface area contributed by atoms with Crippen LogP contribution in [0.4, 0.5) is 0 Å². The molecule has 1 fully saturated rings. The molecule has 102 valence electrons. The zero-order chi connectivity index (χ0) is 13.4. The molecule has 2 aromatic heterocycles. The summed E-state index contributed by atoms with van der Waals surface area (Å²) in [6, 6.07) is 2.66. The van der Waals surface area contributed by atoms with E-state index in [2.05, 4.69) is 34.4 Å². The van der Waals surface area contributed by atoms with Gasteiger partial charge in [0.05, 0.1) is 5.52 Å². The SMILES string of the molecule is CCC1CCCC(n2c(=S)[nH]c3cc(C)cnc32)C1. The van der Waals surface area contributed by atoms with E-state index in [0.29, 0.717) is 6.04 Å². The van der Waals surface area contributed by atoms with Crippen molar-refractivity contribution in [2.45, 2.75) is 52.0 Å². The lowest BCUT2D eigenvalue weighted by Crippen LogP contribution is -2.19. The Balaban J connectivity index is 2.04. The molecule has 1 aliphatic rings. The van der Waals surface area contributed by atoms with E-state index >= 15 is 0 Å². The van der Waals surface area contributed by atoms with E-state index in [1.807, 2.05) is 6.20 Å². The number of aromatic amines is 1. The van der Waals surface area contributed by atoms with Gasteiger partial charge in [-0.15, -0.1) is 0 Å². The zero-order valence-corrected chi connectivity index (χ0v) is 12.5. The van der Waals surface area contributed by atoms with Crippen LogP contribution in [0.3, 0.4) is 0 Å². The van der Waals surface area contributed by atoms with E-state index in [1.54, 1.807) is 0 Å². The maximum atomic E-state index is 5.52. The second kappa shape index (κ2) is 5.08. The minimum Gasteiger partial charge on any atom is -0.329 e. The van der Waals surface area contributed by atoms with Crippen LogP contribution in [0.1, 0.15) is 50.6 Å². The third-order valence-corrected chi connectivity index (χ3v) is 4.69. The lowest BCUT2D eigenvalue weighted by atomic mass is 9.84. The first-order valence-corrected chi connectivity index (χ1v) is 7.66. The molecule has 0 radical (unpaired) electrons. The molecular formula is C15H21N3S. The quantitative estimate of drug-likeness (QED) is 0.816. The van der Waals surface area contributed by atoms with E-state index in [4.69, 9.17) is 12.2 Å². The van der Waals surface area contributed by atoms with Crippen molar-refractivity contribution < 1.29 is 0 Å². The summed E-state index contributed by atoms with van der Waals surface area (Å²) in [5.74, 6) is 0.844. The Labute approximate surface area is 119 Å². The second-order valence-corrected chi connectivity index (χ2v) is 6.17. The van der Waals surface area contributed by atoms with Crippen LogP contribution in [0.2, 0.25) is 0 Å². The number of hydrogen-bond donors (Lipinski definition) is 1. The monoisotopic (exact) mass is 275 g/mol. The van der Waals surface area contributed by atoms with Crippen LogP contribution in [0.25, 0.3) is 11.2 Å². The molecule has 1 N–H and O–H groups in total. The van der Waals surface area contributed by atoms with Crippen molar-refractivity contribution in [1.29, 1.82) is 0 Å². The van der Waals surface area contributed by atoms with Gasteiger partial charge < -0.3 is 4.98 Å². The first kappa shape index (κ1) is 12.9. The summed E-state index contributed by atoms with van der Waals surface area (Å²) in [5.41, 5.74) is 3.27. The molecule has 2 heterocycles. The minimum atomic E-state index is 0.523. The van der Waals surface area contributed by atoms with Crippen molar-refractivity contribution in [1.82, 2.24) is 14.5 Å². The summed E-state index contributed by atoms with van der Waals surface area (Å²) in [6.45, 7) is 4.36. The maximum absolute atomic E-state index is 5.52. The molecule has 0 spiro atoms. The number of imidazole rings is 1. The van der Waals surface area contributed by atoms with Crippen molar-refractivity contribution in [2.75, 3.05) is 0 Å². The molecule has 3 nitrogen and oxygen atoms in total. The summed E-state index contributed by atoms with van der Waals surface area (Å²) < 4.78 is 3.08. The molecular weight excluding hydrogens is 254 g/mol. The Morgan fingerprint density at radius 1 is 1.47 bits per heavy atom. The molecule has 1 aliphatic carbocycles. The average Bonchev–Trinajstić information content (AvgIpc) is 2.73. The van der Waals surface area contributed by atoms with E-state index in [0.717, 1.165) is 21.9 Å². The molecule has 0 aliphatic heterocycles. The lowest BCUT2D eigenvalue weighted by molar-refractivity contribution is 0.263. The van der Waals surface area contributed by atoms with Gasteiger partial charge in [0.15, 0.2) is 10.4 Å². The summed E-state index contributed by atoms with van der Waals surface area (Å²) in [7, 11) is 0. The normalized spacial score (nSPS) is 23.9. The van der Waals surface area contributed by atoms with Gasteiger partial charge in [-0.1, -0.05) is 26.2 Å². The number of aromatic nitrogens is 3. The molecule has 2 unspecified atom stereocenters. The van der Waals surface area contributed by atoms with E-state index in [9.17, 15) is 0 Å². The number of H-pyrrole nitrogens is 1. The topological polar surface area (TPSA) is 33.6 Å². The van der Waals surface area contributed by atoms with Crippen LogP contribution in [0.5, 0.6) is 0 Å². The molecule has 1 saturated carbocycles. The van der Waals surface area contributed by atoms with Crippen LogP contribution >= 0.6 is 12.2 Å². The number of pyridine rings is 1. The van der Waals surface area contributed by atoms with E-state index < -0.39 is 0 Å². The molecule has 2 atom stereocenters. The van der Waals surface area contributed by atoms with Crippen molar-refractivity contribution >= 4 is 23.4 Å². The summed E-state index contributed by atoms with van der Waals surface area (Å²) >= 11 is 5.52.